The molecule has 0 aliphatic heterocycles. The first-order valence-corrected chi connectivity index (χ1v) is 13.9. The quantitative estimate of drug-likeness (QED) is 0.232. The minimum Gasteiger partial charge on any atom is -0.489 e. The van der Waals surface area contributed by atoms with Gasteiger partial charge in [0.15, 0.2) is 4.96 Å². The van der Waals surface area contributed by atoms with E-state index in [0.29, 0.717) is 21.1 Å². The second-order valence-corrected chi connectivity index (χ2v) is 10.7. The smallest absolute Gasteiger partial charge is 0.274 e. The summed E-state index contributed by atoms with van der Waals surface area (Å²) in [7, 11) is 0. The van der Waals surface area contributed by atoms with Crippen molar-refractivity contribution in [1.29, 1.82) is 0 Å². The van der Waals surface area contributed by atoms with Gasteiger partial charge in [-0.1, -0.05) is 77.5 Å². The molecule has 194 valence electrons. The second-order valence-electron chi connectivity index (χ2n) is 9.29. The summed E-state index contributed by atoms with van der Waals surface area (Å²) in [4.78, 5) is 18.8. The molecule has 3 aromatic heterocycles. The van der Waals surface area contributed by atoms with Gasteiger partial charge in [0.05, 0.1) is 21.3 Å². The number of hydrogen-bond acceptors (Lipinski definition) is 5. The van der Waals surface area contributed by atoms with Gasteiger partial charge in [-0.15, -0.1) is 0 Å². The summed E-state index contributed by atoms with van der Waals surface area (Å²) in [5.74, 6) is 0.721. The van der Waals surface area contributed by atoms with Crippen LogP contribution in [-0.4, -0.2) is 19.2 Å². The number of fused-ring (bicyclic) bond motifs is 3. The van der Waals surface area contributed by atoms with Crippen LogP contribution in [0.1, 0.15) is 11.1 Å². The molecule has 0 aliphatic carbocycles. The van der Waals surface area contributed by atoms with Crippen LogP contribution < -0.4 is 14.8 Å². The maximum atomic E-state index is 13.5. The monoisotopic (exact) mass is 560 g/mol. The minimum absolute atomic E-state index is 0.0906. The molecule has 0 unspecified atom stereocenters. The standard InChI is InChI=1S/C32H21ClN4O2S/c33-24-15-13-21(14-16-24)20-39-26-10-6-7-22(17-26)30-23(19-36(35-30)25-8-2-1-3-9-25)18-29-31(38)37-28-12-5-4-11-27(28)34-32(37)40-29/h1-19H,20H2/b29-18-. The van der Waals surface area contributed by atoms with Crippen molar-refractivity contribution in [1.82, 2.24) is 19.2 Å². The number of aromatic nitrogens is 4. The van der Waals surface area contributed by atoms with E-state index >= 15 is 0 Å². The first-order chi connectivity index (χ1) is 19.6. The van der Waals surface area contributed by atoms with Crippen molar-refractivity contribution in [2.24, 2.45) is 0 Å². The number of halogens is 1. The lowest BCUT2D eigenvalue weighted by atomic mass is 10.1. The van der Waals surface area contributed by atoms with Crippen molar-refractivity contribution in [2.75, 3.05) is 0 Å². The SMILES string of the molecule is O=c1/c(=C/c2cn(-c3ccccc3)nc2-c2cccc(OCc3ccc(Cl)cc3)c2)sc2nc3ccccc3n12. The van der Waals surface area contributed by atoms with Crippen molar-refractivity contribution in [3.05, 3.63) is 140 Å². The molecule has 7 rings (SSSR count). The molecule has 0 radical (unpaired) electrons. The summed E-state index contributed by atoms with van der Waals surface area (Å²) in [6.07, 6.45) is 3.85. The Morgan fingerprint density at radius 1 is 0.900 bits per heavy atom. The van der Waals surface area contributed by atoms with E-state index in [9.17, 15) is 4.79 Å². The Hall–Kier alpha value is -4.72. The van der Waals surface area contributed by atoms with Crippen LogP contribution in [0.25, 0.3) is 39.0 Å². The first kappa shape index (κ1) is 24.3. The topological polar surface area (TPSA) is 61.4 Å². The number of hydrogen-bond donors (Lipinski definition) is 0. The third-order valence-electron chi connectivity index (χ3n) is 6.62. The number of rotatable bonds is 6. The zero-order valence-electron chi connectivity index (χ0n) is 21.1. The third kappa shape index (κ3) is 4.55. The van der Waals surface area contributed by atoms with Gasteiger partial charge in [-0.05, 0) is 60.2 Å². The molecule has 7 aromatic rings. The van der Waals surface area contributed by atoms with Crippen LogP contribution in [0.15, 0.2) is 114 Å². The molecule has 40 heavy (non-hydrogen) atoms. The van der Waals surface area contributed by atoms with E-state index in [2.05, 4.69) is 4.98 Å². The first-order valence-electron chi connectivity index (χ1n) is 12.7. The van der Waals surface area contributed by atoms with Gasteiger partial charge < -0.3 is 4.74 Å². The fraction of sp³-hybridized carbons (Fsp3) is 0.0312. The number of nitrogens with zero attached hydrogens (tertiary/aromatic N) is 4. The van der Waals surface area contributed by atoms with Crippen LogP contribution in [0, 0.1) is 0 Å². The van der Waals surface area contributed by atoms with Gasteiger partial charge >= 0.3 is 0 Å². The summed E-state index contributed by atoms with van der Waals surface area (Å²) in [6.45, 7) is 0.417. The highest BCUT2D eigenvalue weighted by Gasteiger charge is 2.15. The summed E-state index contributed by atoms with van der Waals surface area (Å²) in [5, 5.41) is 5.62. The lowest BCUT2D eigenvalue weighted by Crippen LogP contribution is -2.22. The Kier molecular flexibility index (Phi) is 6.15. The van der Waals surface area contributed by atoms with Crippen LogP contribution in [0.4, 0.5) is 0 Å². The van der Waals surface area contributed by atoms with Gasteiger partial charge in [-0.2, -0.15) is 5.10 Å². The fourth-order valence-corrected chi connectivity index (χ4v) is 5.77. The Morgan fingerprint density at radius 3 is 2.55 bits per heavy atom. The summed E-state index contributed by atoms with van der Waals surface area (Å²) in [6, 6.07) is 33.0. The molecular weight excluding hydrogens is 540 g/mol. The van der Waals surface area contributed by atoms with Gasteiger partial charge in [0.1, 0.15) is 18.1 Å². The molecule has 4 aromatic carbocycles. The number of thiazole rings is 1. The molecule has 0 spiro atoms. The van der Waals surface area contributed by atoms with E-state index in [1.807, 2.05) is 120 Å². The molecule has 0 N–H and O–H groups in total. The van der Waals surface area contributed by atoms with Gasteiger partial charge in [0, 0.05) is 22.3 Å². The highest BCUT2D eigenvalue weighted by Crippen LogP contribution is 2.28. The van der Waals surface area contributed by atoms with Gasteiger partial charge in [-0.25, -0.2) is 14.1 Å². The zero-order chi connectivity index (χ0) is 27.1. The molecule has 0 aliphatic rings. The summed E-state index contributed by atoms with van der Waals surface area (Å²) >= 11 is 7.39. The van der Waals surface area contributed by atoms with Crippen LogP contribution >= 0.6 is 22.9 Å². The molecular formula is C32H21ClN4O2S. The van der Waals surface area contributed by atoms with E-state index in [0.717, 1.165) is 44.9 Å². The lowest BCUT2D eigenvalue weighted by Gasteiger charge is -2.08. The van der Waals surface area contributed by atoms with E-state index in [1.54, 1.807) is 4.40 Å². The molecule has 6 nitrogen and oxygen atoms in total. The van der Waals surface area contributed by atoms with Crippen LogP contribution in [0.5, 0.6) is 5.75 Å². The number of ether oxygens (including phenoxy) is 1. The predicted molar refractivity (Wildman–Crippen MR) is 160 cm³/mol. The van der Waals surface area contributed by atoms with Gasteiger partial charge in [0.25, 0.3) is 5.56 Å². The highest BCUT2D eigenvalue weighted by atomic mass is 35.5. The van der Waals surface area contributed by atoms with Crippen molar-refractivity contribution in [3.8, 4) is 22.7 Å². The van der Waals surface area contributed by atoms with Crippen LogP contribution in [0.3, 0.4) is 0 Å². The third-order valence-corrected chi connectivity index (χ3v) is 7.84. The molecule has 0 atom stereocenters. The largest absolute Gasteiger partial charge is 0.489 e. The fourth-order valence-electron chi connectivity index (χ4n) is 4.66. The van der Waals surface area contributed by atoms with Crippen molar-refractivity contribution >= 4 is 45.0 Å². The van der Waals surface area contributed by atoms with E-state index in [1.165, 1.54) is 11.3 Å². The summed E-state index contributed by atoms with van der Waals surface area (Å²) in [5.41, 5.74) is 5.93. The molecule has 8 heteroatoms. The molecule has 0 amide bonds. The van der Waals surface area contributed by atoms with Crippen LogP contribution in [0.2, 0.25) is 5.02 Å². The Bertz CT molecular complexity index is 2100. The number of imidazole rings is 1. The number of para-hydroxylation sites is 3. The van der Waals surface area contributed by atoms with E-state index < -0.39 is 0 Å². The molecule has 0 saturated carbocycles. The van der Waals surface area contributed by atoms with Crippen molar-refractivity contribution < 1.29 is 4.74 Å². The van der Waals surface area contributed by atoms with Crippen molar-refractivity contribution in [2.45, 2.75) is 6.61 Å². The highest BCUT2D eigenvalue weighted by molar-refractivity contribution is 7.15. The van der Waals surface area contributed by atoms with E-state index in [-0.39, 0.29) is 5.56 Å². The predicted octanol–water partition coefficient (Wildman–Crippen LogP) is 6.54. The number of benzene rings is 4. The van der Waals surface area contributed by atoms with Gasteiger partial charge in [0.2, 0.25) is 0 Å². The zero-order valence-corrected chi connectivity index (χ0v) is 22.6. The van der Waals surface area contributed by atoms with E-state index in [4.69, 9.17) is 21.4 Å². The minimum atomic E-state index is -0.0906. The van der Waals surface area contributed by atoms with Crippen molar-refractivity contribution in [3.63, 3.8) is 0 Å². The van der Waals surface area contributed by atoms with Crippen LogP contribution in [-0.2, 0) is 6.61 Å². The second kappa shape index (κ2) is 10.1. The average Bonchev–Trinajstić information content (AvgIpc) is 3.66. The maximum absolute atomic E-state index is 13.5. The normalized spacial score (nSPS) is 12.0. The average molecular weight is 561 g/mol. The summed E-state index contributed by atoms with van der Waals surface area (Å²) < 4.78 is 10.2. The molecule has 0 bridgehead atoms. The molecule has 0 fully saturated rings. The Labute approximate surface area is 238 Å². The Morgan fingerprint density at radius 2 is 1.70 bits per heavy atom. The maximum Gasteiger partial charge on any atom is 0.274 e. The Balaban J connectivity index is 1.32. The molecule has 0 saturated heterocycles. The molecule has 3 heterocycles. The lowest BCUT2D eigenvalue weighted by molar-refractivity contribution is 0.306. The van der Waals surface area contributed by atoms with Gasteiger partial charge in [-0.3, -0.25) is 4.79 Å².